The molecule has 0 aliphatic heterocycles. The van der Waals surface area contributed by atoms with E-state index in [1.54, 1.807) is 0 Å². The van der Waals surface area contributed by atoms with E-state index >= 15 is 0 Å². The molecule has 0 bridgehead atoms. The van der Waals surface area contributed by atoms with Gasteiger partial charge >= 0.3 is 0 Å². The lowest BCUT2D eigenvalue weighted by Gasteiger charge is -2.05. The van der Waals surface area contributed by atoms with Crippen LogP contribution in [0.1, 0.15) is 24.6 Å². The van der Waals surface area contributed by atoms with Crippen molar-refractivity contribution in [3.05, 3.63) is 47.7 Å². The number of nitrogens with two attached hydrogens (primary N) is 1. The van der Waals surface area contributed by atoms with Crippen LogP contribution in [0.25, 0.3) is 22.1 Å². The first-order valence-corrected chi connectivity index (χ1v) is 6.94. The lowest BCUT2D eigenvalue weighted by molar-refractivity contribution is 0.450. The van der Waals surface area contributed by atoms with E-state index in [2.05, 4.69) is 36.3 Å². The SMILES string of the molecule is CCCc1ccc(-c2cc(N)c3c(C)noc3c2)cc1. The maximum atomic E-state index is 6.12. The Hall–Kier alpha value is -2.29. The van der Waals surface area contributed by atoms with Crippen molar-refractivity contribution in [2.24, 2.45) is 0 Å². The van der Waals surface area contributed by atoms with Crippen LogP contribution in [0.15, 0.2) is 40.9 Å². The Morgan fingerprint density at radius 1 is 1.10 bits per heavy atom. The molecule has 0 atom stereocenters. The second kappa shape index (κ2) is 5.00. The minimum absolute atomic E-state index is 0.717. The molecule has 2 aromatic carbocycles. The first-order chi connectivity index (χ1) is 9.69. The van der Waals surface area contributed by atoms with Crippen LogP contribution in [0.5, 0.6) is 0 Å². The van der Waals surface area contributed by atoms with Gasteiger partial charge in [0.1, 0.15) is 0 Å². The molecule has 102 valence electrons. The Bertz CT molecular complexity index is 742. The second-order valence-corrected chi connectivity index (χ2v) is 5.15. The van der Waals surface area contributed by atoms with Gasteiger partial charge in [-0.15, -0.1) is 0 Å². The number of hydrogen-bond acceptors (Lipinski definition) is 3. The van der Waals surface area contributed by atoms with Crippen LogP contribution >= 0.6 is 0 Å². The van der Waals surface area contributed by atoms with E-state index < -0.39 is 0 Å². The number of benzene rings is 2. The van der Waals surface area contributed by atoms with Crippen molar-refractivity contribution in [2.75, 3.05) is 5.73 Å². The van der Waals surface area contributed by atoms with E-state index in [-0.39, 0.29) is 0 Å². The zero-order chi connectivity index (χ0) is 14.1. The minimum atomic E-state index is 0.717. The molecule has 3 nitrogen and oxygen atoms in total. The van der Waals surface area contributed by atoms with E-state index in [0.717, 1.165) is 40.6 Å². The molecule has 0 fully saturated rings. The van der Waals surface area contributed by atoms with E-state index in [0.29, 0.717) is 5.69 Å². The van der Waals surface area contributed by atoms with Gasteiger partial charge < -0.3 is 10.3 Å². The molecule has 0 saturated carbocycles. The Labute approximate surface area is 118 Å². The first kappa shape index (κ1) is 12.7. The number of aromatic nitrogens is 1. The van der Waals surface area contributed by atoms with Crippen LogP contribution in [0.3, 0.4) is 0 Å². The highest BCUT2D eigenvalue weighted by Crippen LogP contribution is 2.31. The zero-order valence-electron chi connectivity index (χ0n) is 11.8. The summed E-state index contributed by atoms with van der Waals surface area (Å²) in [7, 11) is 0. The summed E-state index contributed by atoms with van der Waals surface area (Å²) >= 11 is 0. The number of anilines is 1. The van der Waals surface area contributed by atoms with Crippen molar-refractivity contribution < 1.29 is 4.52 Å². The van der Waals surface area contributed by atoms with Gasteiger partial charge in [0, 0.05) is 5.69 Å². The molecular weight excluding hydrogens is 248 g/mol. The minimum Gasteiger partial charge on any atom is -0.398 e. The molecule has 3 rings (SSSR count). The van der Waals surface area contributed by atoms with Gasteiger partial charge in [0.05, 0.1) is 11.1 Å². The largest absolute Gasteiger partial charge is 0.398 e. The highest BCUT2D eigenvalue weighted by atomic mass is 16.5. The summed E-state index contributed by atoms with van der Waals surface area (Å²) in [5.74, 6) is 0. The normalized spacial score (nSPS) is 11.1. The van der Waals surface area contributed by atoms with Gasteiger partial charge in [-0.2, -0.15) is 0 Å². The van der Waals surface area contributed by atoms with Gasteiger partial charge in [-0.3, -0.25) is 0 Å². The maximum absolute atomic E-state index is 6.12. The van der Waals surface area contributed by atoms with Gasteiger partial charge in [0.2, 0.25) is 0 Å². The van der Waals surface area contributed by atoms with E-state index in [4.69, 9.17) is 10.3 Å². The summed E-state index contributed by atoms with van der Waals surface area (Å²) in [6.45, 7) is 4.09. The van der Waals surface area contributed by atoms with Crippen LogP contribution in [0, 0.1) is 6.92 Å². The maximum Gasteiger partial charge on any atom is 0.169 e. The molecule has 0 amide bonds. The lowest BCUT2D eigenvalue weighted by Crippen LogP contribution is -1.89. The third-order valence-electron chi connectivity index (χ3n) is 3.60. The predicted octanol–water partition coefficient (Wildman–Crippen LogP) is 4.34. The topological polar surface area (TPSA) is 52.0 Å². The monoisotopic (exact) mass is 266 g/mol. The third kappa shape index (κ3) is 2.16. The van der Waals surface area contributed by atoms with Crippen molar-refractivity contribution in [2.45, 2.75) is 26.7 Å². The molecule has 2 N–H and O–H groups in total. The van der Waals surface area contributed by atoms with E-state index in [9.17, 15) is 0 Å². The molecule has 0 radical (unpaired) electrons. The number of aryl methyl sites for hydroxylation is 2. The molecule has 0 unspecified atom stereocenters. The Balaban J connectivity index is 2.05. The molecule has 1 aromatic heterocycles. The van der Waals surface area contributed by atoms with Gasteiger partial charge in [0.25, 0.3) is 0 Å². The highest BCUT2D eigenvalue weighted by Gasteiger charge is 2.10. The summed E-state index contributed by atoms with van der Waals surface area (Å²) in [6, 6.07) is 12.6. The molecule has 1 heterocycles. The standard InChI is InChI=1S/C17H18N2O/c1-3-4-12-5-7-13(8-6-12)14-9-15(18)17-11(2)19-20-16(17)10-14/h5-10H,3-4,18H2,1-2H3. The number of nitrogen functional groups attached to an aromatic ring is 1. The number of fused-ring (bicyclic) bond motifs is 1. The Morgan fingerprint density at radius 2 is 1.85 bits per heavy atom. The summed E-state index contributed by atoms with van der Waals surface area (Å²) < 4.78 is 5.32. The smallest absolute Gasteiger partial charge is 0.169 e. The molecular formula is C17H18N2O. The molecule has 0 aliphatic carbocycles. The quantitative estimate of drug-likeness (QED) is 0.717. The van der Waals surface area contributed by atoms with Gasteiger partial charge in [0.15, 0.2) is 5.58 Å². The molecule has 0 aliphatic rings. The predicted molar refractivity (Wildman–Crippen MR) is 82.6 cm³/mol. The fraction of sp³-hybridized carbons (Fsp3) is 0.235. The summed E-state index contributed by atoms with van der Waals surface area (Å²) in [5.41, 5.74) is 12.0. The summed E-state index contributed by atoms with van der Waals surface area (Å²) in [6.07, 6.45) is 2.28. The second-order valence-electron chi connectivity index (χ2n) is 5.15. The van der Waals surface area contributed by atoms with E-state index in [1.807, 2.05) is 19.1 Å². The fourth-order valence-corrected chi connectivity index (χ4v) is 2.58. The zero-order valence-corrected chi connectivity index (χ0v) is 11.8. The number of hydrogen-bond donors (Lipinski definition) is 1. The van der Waals surface area contributed by atoms with Gasteiger partial charge in [-0.25, -0.2) is 0 Å². The van der Waals surface area contributed by atoms with Crippen molar-refractivity contribution in [3.63, 3.8) is 0 Å². The molecule has 3 heteroatoms. The number of rotatable bonds is 3. The van der Waals surface area contributed by atoms with Gasteiger partial charge in [-0.05, 0) is 42.2 Å². The Morgan fingerprint density at radius 3 is 2.55 bits per heavy atom. The molecule has 3 aromatic rings. The first-order valence-electron chi connectivity index (χ1n) is 6.94. The van der Waals surface area contributed by atoms with Crippen molar-refractivity contribution in [1.29, 1.82) is 0 Å². The van der Waals surface area contributed by atoms with Crippen molar-refractivity contribution in [3.8, 4) is 11.1 Å². The number of nitrogens with zero attached hydrogens (tertiary/aromatic N) is 1. The van der Waals surface area contributed by atoms with Crippen LogP contribution < -0.4 is 5.73 Å². The Kier molecular flexibility index (Phi) is 3.18. The molecule has 0 spiro atoms. The lowest BCUT2D eigenvalue weighted by atomic mass is 10.0. The van der Waals surface area contributed by atoms with Crippen molar-refractivity contribution >= 4 is 16.7 Å². The van der Waals surface area contributed by atoms with Crippen LogP contribution in [-0.4, -0.2) is 5.16 Å². The molecule has 20 heavy (non-hydrogen) atoms. The van der Waals surface area contributed by atoms with Crippen LogP contribution in [0.2, 0.25) is 0 Å². The van der Waals surface area contributed by atoms with Crippen molar-refractivity contribution in [1.82, 2.24) is 5.16 Å². The highest BCUT2D eigenvalue weighted by molar-refractivity contribution is 5.95. The molecule has 0 saturated heterocycles. The average Bonchev–Trinajstić information content (AvgIpc) is 2.82. The van der Waals surface area contributed by atoms with E-state index in [1.165, 1.54) is 5.56 Å². The van der Waals surface area contributed by atoms with Gasteiger partial charge in [-0.1, -0.05) is 42.8 Å². The van der Waals surface area contributed by atoms with Crippen LogP contribution in [-0.2, 0) is 6.42 Å². The fourth-order valence-electron chi connectivity index (χ4n) is 2.58. The summed E-state index contributed by atoms with van der Waals surface area (Å²) in [4.78, 5) is 0. The van der Waals surface area contributed by atoms with Crippen LogP contribution in [0.4, 0.5) is 5.69 Å². The average molecular weight is 266 g/mol. The summed E-state index contributed by atoms with van der Waals surface area (Å²) in [5, 5.41) is 4.89. The third-order valence-corrected chi connectivity index (χ3v) is 3.60.